The summed E-state index contributed by atoms with van der Waals surface area (Å²) in [6.45, 7) is 2.90. The van der Waals surface area contributed by atoms with Gasteiger partial charge in [-0.15, -0.1) is 0 Å². The van der Waals surface area contributed by atoms with E-state index in [0.29, 0.717) is 12.3 Å². The normalized spacial score (nSPS) is 10.1. The third-order valence-electron chi connectivity index (χ3n) is 2.55. The van der Waals surface area contributed by atoms with Crippen LogP contribution in [0.3, 0.4) is 0 Å². The molecule has 0 aromatic heterocycles. The van der Waals surface area contributed by atoms with Gasteiger partial charge in [-0.3, -0.25) is 4.79 Å². The van der Waals surface area contributed by atoms with Gasteiger partial charge in [0.2, 0.25) is 0 Å². The Balaban J connectivity index is 2.11. The average Bonchev–Trinajstić information content (AvgIpc) is 2.38. The zero-order valence-electron chi connectivity index (χ0n) is 10.8. The van der Waals surface area contributed by atoms with Gasteiger partial charge in [-0.1, -0.05) is 17.7 Å². The fourth-order valence-corrected chi connectivity index (χ4v) is 1.48. The Morgan fingerprint density at radius 1 is 1.22 bits per heavy atom. The van der Waals surface area contributed by atoms with Crippen molar-refractivity contribution in [3.8, 4) is 5.75 Å². The molecule has 0 spiro atoms. The van der Waals surface area contributed by atoms with Gasteiger partial charge in [0.25, 0.3) is 5.91 Å². The number of amides is 1. The second-order valence-corrected chi connectivity index (χ2v) is 4.24. The molecule has 0 aliphatic carbocycles. The van der Waals surface area contributed by atoms with Crippen molar-refractivity contribution in [2.45, 2.75) is 26.2 Å². The van der Waals surface area contributed by atoms with Crippen LogP contribution in [-0.4, -0.2) is 30.8 Å². The molecule has 0 radical (unpaired) electrons. The van der Waals surface area contributed by atoms with Crippen molar-refractivity contribution in [3.05, 3.63) is 29.8 Å². The van der Waals surface area contributed by atoms with Gasteiger partial charge in [-0.25, -0.2) is 0 Å². The minimum Gasteiger partial charge on any atom is -0.484 e. The highest BCUT2D eigenvalue weighted by molar-refractivity contribution is 5.77. The number of rotatable bonds is 8. The van der Waals surface area contributed by atoms with Gasteiger partial charge in [0, 0.05) is 13.2 Å². The maximum atomic E-state index is 11.4. The first-order valence-corrected chi connectivity index (χ1v) is 6.29. The van der Waals surface area contributed by atoms with Crippen LogP contribution < -0.4 is 10.1 Å². The monoisotopic (exact) mass is 251 g/mol. The summed E-state index contributed by atoms with van der Waals surface area (Å²) in [5, 5.41) is 11.4. The fourth-order valence-electron chi connectivity index (χ4n) is 1.48. The molecular weight excluding hydrogens is 230 g/mol. The van der Waals surface area contributed by atoms with Crippen LogP contribution in [0.25, 0.3) is 0 Å². The number of ether oxygens (including phenoxy) is 1. The maximum Gasteiger partial charge on any atom is 0.257 e. The summed E-state index contributed by atoms with van der Waals surface area (Å²) in [5.41, 5.74) is 1.16. The highest BCUT2D eigenvalue weighted by atomic mass is 16.5. The average molecular weight is 251 g/mol. The van der Waals surface area contributed by atoms with E-state index < -0.39 is 0 Å². The smallest absolute Gasteiger partial charge is 0.257 e. The quantitative estimate of drug-likeness (QED) is 0.691. The van der Waals surface area contributed by atoms with Gasteiger partial charge >= 0.3 is 0 Å². The molecular formula is C14H21NO3. The number of unbranched alkanes of at least 4 members (excludes halogenated alkanes) is 2. The predicted molar refractivity (Wildman–Crippen MR) is 70.6 cm³/mol. The molecule has 1 aromatic carbocycles. The van der Waals surface area contributed by atoms with Crippen molar-refractivity contribution in [2.24, 2.45) is 0 Å². The zero-order valence-corrected chi connectivity index (χ0v) is 10.8. The van der Waals surface area contributed by atoms with E-state index in [-0.39, 0.29) is 19.1 Å². The summed E-state index contributed by atoms with van der Waals surface area (Å²) < 4.78 is 5.35. The zero-order chi connectivity index (χ0) is 13.2. The first kappa shape index (κ1) is 14.5. The lowest BCUT2D eigenvalue weighted by Gasteiger charge is -2.07. The van der Waals surface area contributed by atoms with E-state index in [1.165, 1.54) is 0 Å². The highest BCUT2D eigenvalue weighted by Crippen LogP contribution is 2.10. The largest absolute Gasteiger partial charge is 0.484 e. The van der Waals surface area contributed by atoms with Gasteiger partial charge in [0.15, 0.2) is 6.61 Å². The van der Waals surface area contributed by atoms with Crippen LogP contribution in [0.4, 0.5) is 0 Å². The van der Waals surface area contributed by atoms with Crippen molar-refractivity contribution in [1.29, 1.82) is 0 Å². The Labute approximate surface area is 108 Å². The predicted octanol–water partition coefficient (Wildman–Crippen LogP) is 1.65. The number of carbonyl (C=O) groups excluding carboxylic acids is 1. The molecule has 0 aliphatic rings. The Kier molecular flexibility index (Phi) is 6.87. The SMILES string of the molecule is Cc1ccc(OCC(=O)NCCCCCO)cc1. The van der Waals surface area contributed by atoms with E-state index in [4.69, 9.17) is 9.84 Å². The molecule has 0 saturated carbocycles. The summed E-state index contributed by atoms with van der Waals surface area (Å²) in [6, 6.07) is 7.60. The number of hydrogen-bond donors (Lipinski definition) is 2. The minimum absolute atomic E-state index is 0.0447. The molecule has 0 saturated heterocycles. The van der Waals surface area contributed by atoms with Crippen LogP contribution >= 0.6 is 0 Å². The number of aryl methyl sites for hydroxylation is 1. The van der Waals surface area contributed by atoms with Gasteiger partial charge in [-0.2, -0.15) is 0 Å². The summed E-state index contributed by atoms with van der Waals surface area (Å²) in [5.74, 6) is 0.593. The Hall–Kier alpha value is -1.55. The van der Waals surface area contributed by atoms with Gasteiger partial charge < -0.3 is 15.2 Å². The molecule has 2 N–H and O–H groups in total. The van der Waals surface area contributed by atoms with Crippen molar-refractivity contribution in [2.75, 3.05) is 19.8 Å². The molecule has 1 amide bonds. The molecule has 1 aromatic rings. The van der Waals surface area contributed by atoms with Gasteiger partial charge in [0.05, 0.1) is 0 Å². The molecule has 0 bridgehead atoms. The number of aliphatic hydroxyl groups is 1. The third kappa shape index (κ3) is 6.25. The van der Waals surface area contributed by atoms with Crippen molar-refractivity contribution >= 4 is 5.91 Å². The minimum atomic E-state index is -0.112. The molecule has 4 nitrogen and oxygen atoms in total. The van der Waals surface area contributed by atoms with E-state index in [1.807, 2.05) is 31.2 Å². The lowest BCUT2D eigenvalue weighted by molar-refractivity contribution is -0.123. The first-order valence-electron chi connectivity index (χ1n) is 6.29. The van der Waals surface area contributed by atoms with E-state index in [2.05, 4.69) is 5.32 Å². The number of benzene rings is 1. The topological polar surface area (TPSA) is 58.6 Å². The Morgan fingerprint density at radius 3 is 2.61 bits per heavy atom. The van der Waals surface area contributed by atoms with E-state index in [9.17, 15) is 4.79 Å². The van der Waals surface area contributed by atoms with E-state index >= 15 is 0 Å². The van der Waals surface area contributed by atoms with Crippen molar-refractivity contribution < 1.29 is 14.6 Å². The van der Waals surface area contributed by atoms with E-state index in [0.717, 1.165) is 24.8 Å². The standard InChI is InChI=1S/C14H21NO3/c1-12-5-7-13(8-6-12)18-11-14(17)15-9-3-2-4-10-16/h5-8,16H,2-4,9-11H2,1H3,(H,15,17). The van der Waals surface area contributed by atoms with Crippen molar-refractivity contribution in [3.63, 3.8) is 0 Å². The Bertz CT molecular complexity index is 349. The summed E-state index contributed by atoms with van der Waals surface area (Å²) in [4.78, 5) is 11.4. The van der Waals surface area contributed by atoms with Crippen LogP contribution in [-0.2, 0) is 4.79 Å². The first-order chi connectivity index (χ1) is 8.72. The summed E-state index contributed by atoms with van der Waals surface area (Å²) in [6.07, 6.45) is 2.60. The number of nitrogens with one attached hydrogen (secondary N) is 1. The molecule has 0 unspecified atom stereocenters. The number of carbonyl (C=O) groups is 1. The fraction of sp³-hybridized carbons (Fsp3) is 0.500. The van der Waals surface area contributed by atoms with Crippen LogP contribution in [0, 0.1) is 6.92 Å². The van der Waals surface area contributed by atoms with Crippen LogP contribution in [0.5, 0.6) is 5.75 Å². The molecule has 0 atom stereocenters. The molecule has 0 fully saturated rings. The molecule has 0 aliphatic heterocycles. The third-order valence-corrected chi connectivity index (χ3v) is 2.55. The number of hydrogen-bond acceptors (Lipinski definition) is 3. The molecule has 4 heteroatoms. The lowest BCUT2D eigenvalue weighted by Crippen LogP contribution is -2.29. The molecule has 18 heavy (non-hydrogen) atoms. The second kappa shape index (κ2) is 8.53. The molecule has 1 rings (SSSR count). The maximum absolute atomic E-state index is 11.4. The Morgan fingerprint density at radius 2 is 1.94 bits per heavy atom. The van der Waals surface area contributed by atoms with Gasteiger partial charge in [0.1, 0.15) is 5.75 Å². The van der Waals surface area contributed by atoms with Gasteiger partial charge in [-0.05, 0) is 38.3 Å². The lowest BCUT2D eigenvalue weighted by atomic mass is 10.2. The summed E-state index contributed by atoms with van der Waals surface area (Å²) in [7, 11) is 0. The molecule has 0 heterocycles. The molecule has 100 valence electrons. The van der Waals surface area contributed by atoms with Crippen LogP contribution in [0.1, 0.15) is 24.8 Å². The van der Waals surface area contributed by atoms with Crippen LogP contribution in [0.15, 0.2) is 24.3 Å². The van der Waals surface area contributed by atoms with Crippen LogP contribution in [0.2, 0.25) is 0 Å². The highest BCUT2D eigenvalue weighted by Gasteiger charge is 2.01. The van der Waals surface area contributed by atoms with Crippen molar-refractivity contribution in [1.82, 2.24) is 5.32 Å². The second-order valence-electron chi connectivity index (χ2n) is 4.24. The van der Waals surface area contributed by atoms with E-state index in [1.54, 1.807) is 0 Å². The number of aliphatic hydroxyl groups excluding tert-OH is 1. The summed E-state index contributed by atoms with van der Waals surface area (Å²) >= 11 is 0.